The van der Waals surface area contributed by atoms with Gasteiger partial charge in [0.1, 0.15) is 0 Å². The molecule has 1 aromatic carbocycles. The molecule has 0 unspecified atom stereocenters. The van der Waals surface area contributed by atoms with Crippen LogP contribution in [0.15, 0.2) is 29.2 Å². The summed E-state index contributed by atoms with van der Waals surface area (Å²) < 4.78 is 61.5. The maximum atomic E-state index is 12.7. The van der Waals surface area contributed by atoms with Crippen LogP contribution in [0.4, 0.5) is 18.9 Å². The number of para-hydroxylation sites is 1. The van der Waals surface area contributed by atoms with E-state index in [9.17, 15) is 26.7 Å². The summed E-state index contributed by atoms with van der Waals surface area (Å²) in [7, 11) is -5.39. The number of benzene rings is 1. The third-order valence-corrected chi connectivity index (χ3v) is 5.17. The summed E-state index contributed by atoms with van der Waals surface area (Å²) in [5.41, 5.74) is -6.16. The van der Waals surface area contributed by atoms with Crippen LogP contribution in [0, 0.1) is 0 Å². The number of rotatable bonds is 2. The molecule has 1 N–H and O–H groups in total. The second kappa shape index (κ2) is 5.17. The predicted molar refractivity (Wildman–Crippen MR) is 71.8 cm³/mol. The minimum Gasteiger partial charge on any atom is -0.390 e. The zero-order valence-corrected chi connectivity index (χ0v) is 12.2. The van der Waals surface area contributed by atoms with E-state index in [0.29, 0.717) is 25.9 Å². The van der Waals surface area contributed by atoms with E-state index < -0.39 is 25.8 Å². The van der Waals surface area contributed by atoms with Crippen LogP contribution in [0.25, 0.3) is 0 Å². The Balaban J connectivity index is 2.40. The van der Waals surface area contributed by atoms with Gasteiger partial charge in [0.05, 0.1) is 16.2 Å². The first-order valence-electron chi connectivity index (χ1n) is 6.42. The number of halogens is 3. The first-order valence-corrected chi connectivity index (χ1v) is 7.91. The molecule has 1 aromatic rings. The Morgan fingerprint density at radius 3 is 2.24 bits per heavy atom. The Morgan fingerprint density at radius 2 is 1.71 bits per heavy atom. The first-order chi connectivity index (χ1) is 9.55. The smallest absolute Gasteiger partial charge is 0.390 e. The van der Waals surface area contributed by atoms with Crippen molar-refractivity contribution in [3.05, 3.63) is 24.3 Å². The standard InChI is InChI=1S/C13H16F3NO3S/c1-12(18)6-8-17(9-7-12)10-4-2-3-5-11(10)21(19,20)13(14,15)16/h2-5,18H,6-9H2,1H3. The molecule has 0 aromatic heterocycles. The summed E-state index contributed by atoms with van der Waals surface area (Å²) in [5, 5.41) is 9.87. The summed E-state index contributed by atoms with van der Waals surface area (Å²) in [5.74, 6) is 0. The van der Waals surface area contributed by atoms with E-state index >= 15 is 0 Å². The minimum absolute atomic E-state index is 0.0327. The van der Waals surface area contributed by atoms with E-state index in [4.69, 9.17) is 0 Å². The van der Waals surface area contributed by atoms with Crippen LogP contribution in [0.1, 0.15) is 19.8 Å². The zero-order valence-electron chi connectivity index (χ0n) is 11.4. The average molecular weight is 323 g/mol. The lowest BCUT2D eigenvalue weighted by molar-refractivity contribution is -0.0436. The quantitative estimate of drug-likeness (QED) is 0.907. The maximum Gasteiger partial charge on any atom is 0.501 e. The number of alkyl halides is 3. The zero-order chi connectivity index (χ0) is 15.9. The maximum absolute atomic E-state index is 12.7. The molecule has 0 radical (unpaired) electrons. The highest BCUT2D eigenvalue weighted by atomic mass is 32.2. The molecule has 118 valence electrons. The van der Waals surface area contributed by atoms with Crippen molar-refractivity contribution in [3.8, 4) is 0 Å². The van der Waals surface area contributed by atoms with Gasteiger partial charge in [-0.05, 0) is 31.9 Å². The minimum atomic E-state index is -5.39. The lowest BCUT2D eigenvalue weighted by atomic mass is 9.93. The van der Waals surface area contributed by atoms with Crippen molar-refractivity contribution in [3.63, 3.8) is 0 Å². The Bertz CT molecular complexity index is 616. The molecular formula is C13H16F3NO3S. The number of nitrogens with zero attached hydrogens (tertiary/aromatic N) is 1. The predicted octanol–water partition coefficient (Wildman–Crippen LogP) is 2.33. The van der Waals surface area contributed by atoms with Gasteiger partial charge in [-0.15, -0.1) is 0 Å². The fourth-order valence-corrected chi connectivity index (χ4v) is 3.28. The highest BCUT2D eigenvalue weighted by Gasteiger charge is 2.48. The molecule has 21 heavy (non-hydrogen) atoms. The van der Waals surface area contributed by atoms with E-state index in [2.05, 4.69) is 0 Å². The fraction of sp³-hybridized carbons (Fsp3) is 0.538. The monoisotopic (exact) mass is 323 g/mol. The summed E-state index contributed by atoms with van der Waals surface area (Å²) >= 11 is 0. The molecule has 0 atom stereocenters. The third kappa shape index (κ3) is 3.16. The van der Waals surface area contributed by atoms with E-state index in [-0.39, 0.29) is 5.69 Å². The molecule has 1 aliphatic rings. The highest BCUT2D eigenvalue weighted by Crippen LogP contribution is 2.37. The number of hydrogen-bond acceptors (Lipinski definition) is 4. The molecule has 1 aliphatic heterocycles. The van der Waals surface area contributed by atoms with Crippen molar-refractivity contribution < 1.29 is 26.7 Å². The van der Waals surface area contributed by atoms with E-state index in [1.165, 1.54) is 18.2 Å². The largest absolute Gasteiger partial charge is 0.501 e. The van der Waals surface area contributed by atoms with E-state index in [1.807, 2.05) is 0 Å². The van der Waals surface area contributed by atoms with E-state index in [1.54, 1.807) is 11.8 Å². The molecule has 0 bridgehead atoms. The number of anilines is 1. The topological polar surface area (TPSA) is 57.6 Å². The van der Waals surface area contributed by atoms with Crippen molar-refractivity contribution in [2.45, 2.75) is 35.8 Å². The van der Waals surface area contributed by atoms with Crippen LogP contribution < -0.4 is 4.90 Å². The normalized spacial score (nSPS) is 19.6. The third-order valence-electron chi connectivity index (χ3n) is 3.64. The van der Waals surface area contributed by atoms with Crippen molar-refractivity contribution in [2.75, 3.05) is 18.0 Å². The molecule has 2 rings (SSSR count). The average Bonchev–Trinajstić information content (AvgIpc) is 2.37. The Labute approximate surface area is 121 Å². The lowest BCUT2D eigenvalue weighted by Gasteiger charge is -2.37. The number of aliphatic hydroxyl groups is 1. The molecule has 1 saturated heterocycles. The molecule has 1 heterocycles. The van der Waals surface area contributed by atoms with Crippen LogP contribution in [0.5, 0.6) is 0 Å². The van der Waals surface area contributed by atoms with Crippen molar-refractivity contribution >= 4 is 15.5 Å². The molecule has 0 saturated carbocycles. The van der Waals surface area contributed by atoms with Gasteiger partial charge in [-0.25, -0.2) is 8.42 Å². The number of hydrogen-bond donors (Lipinski definition) is 1. The molecule has 4 nitrogen and oxygen atoms in total. The van der Waals surface area contributed by atoms with Gasteiger partial charge in [-0.2, -0.15) is 13.2 Å². The van der Waals surface area contributed by atoms with Gasteiger partial charge in [0.15, 0.2) is 0 Å². The molecule has 8 heteroatoms. The van der Waals surface area contributed by atoms with Gasteiger partial charge >= 0.3 is 5.51 Å². The lowest BCUT2D eigenvalue weighted by Crippen LogP contribution is -2.43. The van der Waals surface area contributed by atoms with Crippen molar-refractivity contribution in [1.82, 2.24) is 0 Å². The fourth-order valence-electron chi connectivity index (χ4n) is 2.30. The van der Waals surface area contributed by atoms with Crippen LogP contribution in [-0.2, 0) is 9.84 Å². The van der Waals surface area contributed by atoms with Crippen LogP contribution in [-0.4, -0.2) is 37.7 Å². The van der Waals surface area contributed by atoms with Gasteiger partial charge in [-0.1, -0.05) is 12.1 Å². The summed E-state index contributed by atoms with van der Waals surface area (Å²) in [6.07, 6.45) is 0.737. The number of piperidine rings is 1. The van der Waals surface area contributed by atoms with Crippen LogP contribution >= 0.6 is 0 Å². The van der Waals surface area contributed by atoms with Crippen LogP contribution in [0.2, 0.25) is 0 Å². The molecule has 1 fully saturated rings. The summed E-state index contributed by atoms with van der Waals surface area (Å²) in [4.78, 5) is 0.829. The molecule has 0 aliphatic carbocycles. The molecule has 0 spiro atoms. The molecule has 0 amide bonds. The van der Waals surface area contributed by atoms with Gasteiger partial charge in [0.25, 0.3) is 9.84 Å². The Kier molecular flexibility index (Phi) is 3.96. The summed E-state index contributed by atoms with van der Waals surface area (Å²) in [6.45, 7) is 2.26. The van der Waals surface area contributed by atoms with Crippen LogP contribution in [0.3, 0.4) is 0 Å². The van der Waals surface area contributed by atoms with Gasteiger partial charge < -0.3 is 10.0 Å². The van der Waals surface area contributed by atoms with Crippen molar-refractivity contribution in [2.24, 2.45) is 0 Å². The summed E-state index contributed by atoms with van der Waals surface area (Å²) in [6, 6.07) is 5.09. The second-order valence-electron chi connectivity index (χ2n) is 5.40. The number of sulfone groups is 1. The molecular weight excluding hydrogens is 307 g/mol. The highest BCUT2D eigenvalue weighted by molar-refractivity contribution is 7.92. The van der Waals surface area contributed by atoms with Gasteiger partial charge in [-0.3, -0.25) is 0 Å². The van der Waals surface area contributed by atoms with Crippen molar-refractivity contribution in [1.29, 1.82) is 0 Å². The Morgan fingerprint density at radius 1 is 1.19 bits per heavy atom. The SMILES string of the molecule is CC1(O)CCN(c2ccccc2S(=O)(=O)C(F)(F)F)CC1. The second-order valence-corrected chi connectivity index (χ2v) is 7.31. The Hall–Kier alpha value is -1.28. The van der Waals surface area contributed by atoms with Gasteiger partial charge in [0, 0.05) is 13.1 Å². The first kappa shape index (κ1) is 16.1. The van der Waals surface area contributed by atoms with E-state index in [0.717, 1.165) is 6.07 Å². The van der Waals surface area contributed by atoms with Gasteiger partial charge in [0.2, 0.25) is 0 Å².